The number of hydrogen-bond donors (Lipinski definition) is 2. The molecule has 25 heavy (non-hydrogen) atoms. The summed E-state index contributed by atoms with van der Waals surface area (Å²) >= 11 is 0. The molecule has 0 saturated carbocycles. The summed E-state index contributed by atoms with van der Waals surface area (Å²) in [6.45, 7) is 3.16. The Hall–Kier alpha value is -1.56. The van der Waals surface area contributed by atoms with Gasteiger partial charge in [-0.15, -0.1) is 24.8 Å². The highest BCUT2D eigenvalue weighted by molar-refractivity contribution is 5.85. The molecule has 1 saturated heterocycles. The number of benzene rings is 1. The van der Waals surface area contributed by atoms with E-state index in [9.17, 15) is 4.79 Å². The minimum Gasteiger partial charge on any atom is -0.349 e. The third-order valence-electron chi connectivity index (χ3n) is 4.36. The lowest BCUT2D eigenvalue weighted by atomic mass is 10.1. The van der Waals surface area contributed by atoms with E-state index in [0.29, 0.717) is 6.54 Å². The number of aryl methyl sites for hydroxylation is 2. The van der Waals surface area contributed by atoms with Crippen LogP contribution in [0.1, 0.15) is 24.2 Å². The molecule has 0 radical (unpaired) electrons. The van der Waals surface area contributed by atoms with Crippen molar-refractivity contribution >= 4 is 30.7 Å². The zero-order valence-corrected chi connectivity index (χ0v) is 15.8. The smallest absolute Gasteiger partial charge is 0.224 e. The van der Waals surface area contributed by atoms with Gasteiger partial charge >= 0.3 is 0 Å². The second-order valence-electron chi connectivity index (χ2n) is 6.03. The first-order valence-corrected chi connectivity index (χ1v) is 8.35. The van der Waals surface area contributed by atoms with Crippen molar-refractivity contribution < 1.29 is 4.79 Å². The van der Waals surface area contributed by atoms with Gasteiger partial charge in [0.05, 0.1) is 12.5 Å². The van der Waals surface area contributed by atoms with Crippen LogP contribution in [-0.4, -0.2) is 28.5 Å². The van der Waals surface area contributed by atoms with Crippen molar-refractivity contribution in [3.05, 3.63) is 54.1 Å². The molecule has 5 nitrogen and oxygen atoms in total. The van der Waals surface area contributed by atoms with E-state index in [2.05, 4.69) is 44.5 Å². The van der Waals surface area contributed by atoms with Crippen LogP contribution in [0.3, 0.4) is 0 Å². The van der Waals surface area contributed by atoms with Crippen LogP contribution < -0.4 is 10.6 Å². The molecule has 2 N–H and O–H groups in total. The predicted octanol–water partition coefficient (Wildman–Crippen LogP) is 2.59. The summed E-state index contributed by atoms with van der Waals surface area (Å²) in [6.07, 6.45) is 6.84. The molecule has 1 aromatic carbocycles. The summed E-state index contributed by atoms with van der Waals surface area (Å²) in [5.41, 5.74) is 1.36. The second kappa shape index (κ2) is 11.1. The lowest BCUT2D eigenvalue weighted by Gasteiger charge is -2.11. The maximum atomic E-state index is 12.1. The summed E-state index contributed by atoms with van der Waals surface area (Å²) in [5, 5.41) is 6.23. The summed E-state index contributed by atoms with van der Waals surface area (Å²) in [4.78, 5) is 16.4. The Morgan fingerprint density at radius 3 is 2.80 bits per heavy atom. The van der Waals surface area contributed by atoms with Gasteiger partial charge in [-0.05, 0) is 31.4 Å². The van der Waals surface area contributed by atoms with Gasteiger partial charge in [0.1, 0.15) is 5.82 Å². The van der Waals surface area contributed by atoms with E-state index >= 15 is 0 Å². The predicted molar refractivity (Wildman–Crippen MR) is 104 cm³/mol. The van der Waals surface area contributed by atoms with Crippen molar-refractivity contribution in [1.29, 1.82) is 0 Å². The standard InChI is InChI=1S/C18H24N4O.2ClH/c23-18(16-8-9-19-13-16)21-14-17-20-10-12-22(17)11-4-7-15-5-2-1-3-6-15;;/h1-3,5-6,10,12,16,19H,4,7-9,11,13-14H2,(H,21,23);2*1H. The Morgan fingerprint density at radius 1 is 1.28 bits per heavy atom. The van der Waals surface area contributed by atoms with E-state index in [1.807, 2.05) is 12.3 Å². The molecule has 138 valence electrons. The topological polar surface area (TPSA) is 59.0 Å². The molecule has 1 atom stereocenters. The van der Waals surface area contributed by atoms with Gasteiger partial charge in [0.2, 0.25) is 5.91 Å². The zero-order chi connectivity index (χ0) is 15.9. The molecule has 1 aromatic heterocycles. The number of nitrogens with zero attached hydrogens (tertiary/aromatic N) is 2. The van der Waals surface area contributed by atoms with E-state index in [4.69, 9.17) is 0 Å². The summed E-state index contributed by atoms with van der Waals surface area (Å²) in [6, 6.07) is 10.5. The van der Waals surface area contributed by atoms with Crippen LogP contribution in [0.25, 0.3) is 0 Å². The van der Waals surface area contributed by atoms with Gasteiger partial charge in [-0.25, -0.2) is 4.98 Å². The molecule has 3 rings (SSSR count). The highest BCUT2D eigenvalue weighted by Gasteiger charge is 2.22. The van der Waals surface area contributed by atoms with Crippen LogP contribution in [0, 0.1) is 5.92 Å². The molecule has 1 aliphatic rings. The fraction of sp³-hybridized carbons (Fsp3) is 0.444. The van der Waals surface area contributed by atoms with Gasteiger partial charge in [-0.2, -0.15) is 0 Å². The number of amides is 1. The van der Waals surface area contributed by atoms with Crippen molar-refractivity contribution in [1.82, 2.24) is 20.2 Å². The molecule has 1 fully saturated rings. The van der Waals surface area contributed by atoms with Crippen LogP contribution in [0.15, 0.2) is 42.7 Å². The molecule has 1 unspecified atom stereocenters. The quantitative estimate of drug-likeness (QED) is 0.770. The molecule has 0 aliphatic carbocycles. The molecule has 1 amide bonds. The Morgan fingerprint density at radius 2 is 2.08 bits per heavy atom. The van der Waals surface area contributed by atoms with Crippen LogP contribution >= 0.6 is 24.8 Å². The average Bonchev–Trinajstić information content (AvgIpc) is 3.26. The normalized spacial score (nSPS) is 15.9. The van der Waals surface area contributed by atoms with Gasteiger partial charge in [-0.1, -0.05) is 30.3 Å². The Balaban J connectivity index is 0.00000156. The number of rotatable bonds is 7. The van der Waals surface area contributed by atoms with Crippen LogP contribution in [-0.2, 0) is 24.3 Å². The number of hydrogen-bond acceptors (Lipinski definition) is 3. The molecule has 0 bridgehead atoms. The summed E-state index contributed by atoms with van der Waals surface area (Å²) in [5.74, 6) is 1.17. The second-order valence-corrected chi connectivity index (χ2v) is 6.03. The third kappa shape index (κ3) is 6.34. The molecule has 2 heterocycles. The molecular formula is C18H26Cl2N4O. The zero-order valence-electron chi connectivity index (χ0n) is 14.2. The number of aromatic nitrogens is 2. The Labute approximate surface area is 161 Å². The van der Waals surface area contributed by atoms with Crippen LogP contribution in [0.2, 0.25) is 0 Å². The number of carbonyl (C=O) groups excluding carboxylic acids is 1. The Kier molecular flexibility index (Phi) is 9.57. The fourth-order valence-corrected chi connectivity index (χ4v) is 3.00. The summed E-state index contributed by atoms with van der Waals surface area (Å²) in [7, 11) is 0. The van der Waals surface area contributed by atoms with Crippen LogP contribution in [0.4, 0.5) is 0 Å². The van der Waals surface area contributed by atoms with E-state index in [1.165, 1.54) is 5.56 Å². The first-order valence-electron chi connectivity index (χ1n) is 8.35. The van der Waals surface area contributed by atoms with Crippen molar-refractivity contribution in [3.63, 3.8) is 0 Å². The van der Waals surface area contributed by atoms with Crippen molar-refractivity contribution in [2.24, 2.45) is 5.92 Å². The highest BCUT2D eigenvalue weighted by atomic mass is 35.5. The van der Waals surface area contributed by atoms with Crippen LogP contribution in [0.5, 0.6) is 0 Å². The fourth-order valence-electron chi connectivity index (χ4n) is 3.00. The number of imidazole rings is 1. The molecule has 0 spiro atoms. The van der Waals surface area contributed by atoms with Crippen molar-refractivity contribution in [2.45, 2.75) is 32.4 Å². The van der Waals surface area contributed by atoms with Crippen molar-refractivity contribution in [3.8, 4) is 0 Å². The number of halogens is 2. The van der Waals surface area contributed by atoms with Crippen molar-refractivity contribution in [2.75, 3.05) is 13.1 Å². The highest BCUT2D eigenvalue weighted by Crippen LogP contribution is 2.09. The molecule has 7 heteroatoms. The molecule has 2 aromatic rings. The first-order chi connectivity index (χ1) is 11.3. The number of carbonyl (C=O) groups is 1. The Bertz CT molecular complexity index is 627. The van der Waals surface area contributed by atoms with E-state index < -0.39 is 0 Å². The van der Waals surface area contributed by atoms with Gasteiger partial charge in [0.15, 0.2) is 0 Å². The third-order valence-corrected chi connectivity index (χ3v) is 4.36. The largest absolute Gasteiger partial charge is 0.349 e. The maximum Gasteiger partial charge on any atom is 0.224 e. The van der Waals surface area contributed by atoms with Gasteiger partial charge in [0.25, 0.3) is 0 Å². The van der Waals surface area contributed by atoms with Gasteiger partial charge in [-0.3, -0.25) is 4.79 Å². The lowest BCUT2D eigenvalue weighted by Crippen LogP contribution is -2.32. The molecular weight excluding hydrogens is 359 g/mol. The lowest BCUT2D eigenvalue weighted by molar-refractivity contribution is -0.124. The van der Waals surface area contributed by atoms with Gasteiger partial charge in [0, 0.05) is 25.5 Å². The minimum atomic E-state index is 0. The minimum absolute atomic E-state index is 0. The number of nitrogens with one attached hydrogen (secondary N) is 2. The summed E-state index contributed by atoms with van der Waals surface area (Å²) < 4.78 is 2.14. The van der Waals surface area contributed by atoms with E-state index in [1.54, 1.807) is 6.20 Å². The SMILES string of the molecule is Cl.Cl.O=C(NCc1nccn1CCCc1ccccc1)C1CCNC1. The van der Waals surface area contributed by atoms with Gasteiger partial charge < -0.3 is 15.2 Å². The van der Waals surface area contributed by atoms with E-state index in [-0.39, 0.29) is 36.6 Å². The average molecular weight is 385 g/mol. The van der Waals surface area contributed by atoms with E-state index in [0.717, 1.165) is 44.7 Å². The monoisotopic (exact) mass is 384 g/mol. The first kappa shape index (κ1) is 21.5. The molecule has 1 aliphatic heterocycles. The maximum absolute atomic E-state index is 12.1.